The van der Waals surface area contributed by atoms with Crippen LogP contribution in [-0.4, -0.2) is 30.5 Å². The Kier molecular flexibility index (Phi) is 5.74. The first-order valence-electron chi connectivity index (χ1n) is 10.1. The Hall–Kier alpha value is -2.24. The standard InChI is InChI=1S/C23H26N2O2S/c1-3-27-21-9-8-18(16(2)26)14-19(21)15-25-12-10-17(11-13-25)23-24-20-6-4-5-7-22(20)28-23/h4-9,14,17H,3,10-13,15H2,1-2H3/p+1. The minimum atomic E-state index is 0.105. The minimum Gasteiger partial charge on any atom is -0.493 e. The average Bonchev–Trinajstić information content (AvgIpc) is 3.14. The summed E-state index contributed by atoms with van der Waals surface area (Å²) in [5.74, 6) is 1.58. The van der Waals surface area contributed by atoms with Gasteiger partial charge in [-0.1, -0.05) is 12.1 Å². The van der Waals surface area contributed by atoms with Gasteiger partial charge in [0.05, 0.1) is 34.9 Å². The fourth-order valence-corrected chi connectivity index (χ4v) is 5.15. The number of quaternary nitrogens is 1. The molecule has 1 fully saturated rings. The number of likely N-dealkylation sites (tertiary alicyclic amines) is 1. The third kappa shape index (κ3) is 4.10. The molecule has 1 N–H and O–H groups in total. The molecule has 0 unspecified atom stereocenters. The molecule has 146 valence electrons. The quantitative estimate of drug-likeness (QED) is 0.645. The fraction of sp³-hybridized carbons (Fsp3) is 0.391. The summed E-state index contributed by atoms with van der Waals surface area (Å²) in [6.45, 7) is 7.41. The molecule has 0 bridgehead atoms. The Morgan fingerprint density at radius 3 is 2.71 bits per heavy atom. The molecule has 1 saturated heterocycles. The highest BCUT2D eigenvalue weighted by Crippen LogP contribution is 2.31. The largest absolute Gasteiger partial charge is 0.493 e. The summed E-state index contributed by atoms with van der Waals surface area (Å²) in [7, 11) is 0. The number of benzene rings is 2. The SMILES string of the molecule is CCOc1ccc(C(C)=O)cc1C[NH+]1CCC(c2nc3ccccc3s2)CC1. The summed E-state index contributed by atoms with van der Waals surface area (Å²) in [6.07, 6.45) is 2.32. The zero-order chi connectivity index (χ0) is 19.5. The number of nitrogens with zero attached hydrogens (tertiary/aromatic N) is 1. The first-order valence-corrected chi connectivity index (χ1v) is 10.9. The number of piperidine rings is 1. The monoisotopic (exact) mass is 395 g/mol. The maximum atomic E-state index is 11.8. The summed E-state index contributed by atoms with van der Waals surface area (Å²) < 4.78 is 7.09. The lowest BCUT2D eigenvalue weighted by Crippen LogP contribution is -3.11. The Morgan fingerprint density at radius 1 is 1.21 bits per heavy atom. The fourth-order valence-electron chi connectivity index (χ4n) is 4.02. The van der Waals surface area contributed by atoms with E-state index >= 15 is 0 Å². The van der Waals surface area contributed by atoms with Crippen LogP contribution in [0.4, 0.5) is 0 Å². The van der Waals surface area contributed by atoms with Crippen LogP contribution in [0.15, 0.2) is 42.5 Å². The molecule has 4 rings (SSSR count). The number of ether oxygens (including phenoxy) is 1. The van der Waals surface area contributed by atoms with Gasteiger partial charge in [0.2, 0.25) is 0 Å². The van der Waals surface area contributed by atoms with E-state index < -0.39 is 0 Å². The lowest BCUT2D eigenvalue weighted by atomic mass is 9.97. The van der Waals surface area contributed by atoms with E-state index in [1.807, 2.05) is 36.5 Å². The van der Waals surface area contributed by atoms with E-state index in [-0.39, 0.29) is 5.78 Å². The molecular formula is C23H27N2O2S+. The van der Waals surface area contributed by atoms with Gasteiger partial charge in [0, 0.05) is 29.9 Å². The predicted octanol–water partition coefficient (Wildman–Crippen LogP) is 3.86. The molecule has 3 aromatic rings. The number of hydrogen-bond acceptors (Lipinski definition) is 4. The summed E-state index contributed by atoms with van der Waals surface area (Å²) in [5.41, 5.74) is 3.03. The number of nitrogens with one attached hydrogen (secondary N) is 1. The van der Waals surface area contributed by atoms with Gasteiger partial charge in [-0.2, -0.15) is 0 Å². The molecular weight excluding hydrogens is 368 g/mol. The summed E-state index contributed by atoms with van der Waals surface area (Å²) in [6, 6.07) is 14.2. The van der Waals surface area contributed by atoms with E-state index in [9.17, 15) is 4.79 Å². The van der Waals surface area contributed by atoms with Gasteiger partial charge in [-0.05, 0) is 44.2 Å². The van der Waals surface area contributed by atoms with Crippen LogP contribution in [0, 0.1) is 0 Å². The van der Waals surface area contributed by atoms with Crippen molar-refractivity contribution in [3.05, 3.63) is 58.6 Å². The third-order valence-corrected chi connectivity index (χ3v) is 6.76. The predicted molar refractivity (Wildman–Crippen MR) is 114 cm³/mol. The van der Waals surface area contributed by atoms with Crippen LogP contribution in [0.3, 0.4) is 0 Å². The van der Waals surface area contributed by atoms with Crippen LogP contribution in [0.1, 0.15) is 53.5 Å². The summed E-state index contributed by atoms with van der Waals surface area (Å²) in [5, 5.41) is 1.29. The van der Waals surface area contributed by atoms with E-state index in [1.54, 1.807) is 11.8 Å². The number of hydrogen-bond donors (Lipinski definition) is 1. The van der Waals surface area contributed by atoms with Gasteiger partial charge < -0.3 is 9.64 Å². The second-order valence-corrected chi connectivity index (χ2v) is 8.59. The lowest BCUT2D eigenvalue weighted by molar-refractivity contribution is -0.919. The van der Waals surface area contributed by atoms with Gasteiger partial charge in [-0.15, -0.1) is 11.3 Å². The van der Waals surface area contributed by atoms with Crippen molar-refractivity contribution < 1.29 is 14.4 Å². The normalized spacial score (nSPS) is 19.6. The van der Waals surface area contributed by atoms with Crippen molar-refractivity contribution in [1.82, 2.24) is 4.98 Å². The number of aromatic nitrogens is 1. The van der Waals surface area contributed by atoms with Crippen molar-refractivity contribution in [1.29, 1.82) is 0 Å². The number of thiazole rings is 1. The van der Waals surface area contributed by atoms with Crippen LogP contribution < -0.4 is 9.64 Å². The summed E-state index contributed by atoms with van der Waals surface area (Å²) >= 11 is 1.85. The van der Waals surface area contributed by atoms with Crippen molar-refractivity contribution in [2.24, 2.45) is 0 Å². The van der Waals surface area contributed by atoms with Crippen molar-refractivity contribution in [3.63, 3.8) is 0 Å². The number of rotatable bonds is 6. The zero-order valence-corrected chi connectivity index (χ0v) is 17.3. The molecule has 2 aromatic carbocycles. The maximum absolute atomic E-state index is 11.8. The van der Waals surface area contributed by atoms with Crippen LogP contribution in [0.25, 0.3) is 10.2 Å². The van der Waals surface area contributed by atoms with Crippen molar-refractivity contribution in [2.45, 2.75) is 39.2 Å². The average molecular weight is 396 g/mol. The zero-order valence-electron chi connectivity index (χ0n) is 16.5. The third-order valence-electron chi connectivity index (χ3n) is 5.56. The Balaban J connectivity index is 1.44. The first kappa shape index (κ1) is 19.1. The molecule has 0 aliphatic carbocycles. The number of para-hydroxylation sites is 1. The number of ketones is 1. The molecule has 0 spiro atoms. The molecule has 2 heterocycles. The second-order valence-electron chi connectivity index (χ2n) is 7.53. The Bertz CT molecular complexity index is 941. The van der Waals surface area contributed by atoms with Gasteiger partial charge in [0.25, 0.3) is 0 Å². The van der Waals surface area contributed by atoms with Crippen molar-refractivity contribution in [3.8, 4) is 5.75 Å². The van der Waals surface area contributed by atoms with E-state index in [2.05, 4.69) is 24.3 Å². The number of carbonyl (C=O) groups excluding carboxylic acids is 1. The Labute approximate surface area is 170 Å². The Morgan fingerprint density at radius 2 is 2.00 bits per heavy atom. The molecule has 1 aliphatic heterocycles. The molecule has 1 aromatic heterocycles. The number of fused-ring (bicyclic) bond motifs is 1. The highest BCUT2D eigenvalue weighted by atomic mass is 32.1. The van der Waals surface area contributed by atoms with Crippen molar-refractivity contribution in [2.75, 3.05) is 19.7 Å². The molecule has 0 atom stereocenters. The molecule has 28 heavy (non-hydrogen) atoms. The molecule has 0 saturated carbocycles. The molecule has 0 amide bonds. The van der Waals surface area contributed by atoms with Crippen LogP contribution in [0.2, 0.25) is 0 Å². The highest BCUT2D eigenvalue weighted by molar-refractivity contribution is 7.18. The van der Waals surface area contributed by atoms with Gasteiger partial charge in [0.15, 0.2) is 5.78 Å². The maximum Gasteiger partial charge on any atom is 0.159 e. The van der Waals surface area contributed by atoms with Crippen LogP contribution in [-0.2, 0) is 6.54 Å². The lowest BCUT2D eigenvalue weighted by Gasteiger charge is -2.28. The van der Waals surface area contributed by atoms with E-state index in [4.69, 9.17) is 9.72 Å². The molecule has 0 radical (unpaired) electrons. The summed E-state index contributed by atoms with van der Waals surface area (Å²) in [4.78, 5) is 18.2. The van der Waals surface area contributed by atoms with E-state index in [0.717, 1.165) is 54.9 Å². The topological polar surface area (TPSA) is 43.6 Å². The highest BCUT2D eigenvalue weighted by Gasteiger charge is 2.26. The molecule has 4 nitrogen and oxygen atoms in total. The second kappa shape index (κ2) is 8.41. The van der Waals surface area contributed by atoms with Gasteiger partial charge >= 0.3 is 0 Å². The van der Waals surface area contributed by atoms with Gasteiger partial charge in [-0.3, -0.25) is 4.79 Å². The number of carbonyl (C=O) groups is 1. The minimum absolute atomic E-state index is 0.105. The van der Waals surface area contributed by atoms with E-state index in [0.29, 0.717) is 12.5 Å². The van der Waals surface area contributed by atoms with E-state index in [1.165, 1.54) is 9.71 Å². The molecule has 5 heteroatoms. The smallest absolute Gasteiger partial charge is 0.159 e. The number of Topliss-reactive ketones (excluding diaryl/α,β-unsaturated/α-hetero) is 1. The van der Waals surface area contributed by atoms with Crippen LogP contribution in [0.5, 0.6) is 5.75 Å². The van der Waals surface area contributed by atoms with Gasteiger partial charge in [0.1, 0.15) is 12.3 Å². The van der Waals surface area contributed by atoms with Crippen molar-refractivity contribution >= 4 is 27.3 Å². The van der Waals surface area contributed by atoms with Crippen LogP contribution >= 0.6 is 11.3 Å². The molecule has 1 aliphatic rings. The first-order chi connectivity index (χ1) is 13.6. The van der Waals surface area contributed by atoms with Gasteiger partial charge in [-0.25, -0.2) is 4.98 Å².